The van der Waals surface area contributed by atoms with E-state index in [2.05, 4.69) is 19.9 Å². The summed E-state index contributed by atoms with van der Waals surface area (Å²) in [4.78, 5) is 0. The van der Waals surface area contributed by atoms with Gasteiger partial charge in [-0.25, -0.2) is 0 Å². The fourth-order valence-corrected chi connectivity index (χ4v) is 8.86. The molecular formula is C27H43F3O2. The summed E-state index contributed by atoms with van der Waals surface area (Å²) in [7, 11) is 0. The van der Waals surface area contributed by atoms with Crippen LogP contribution in [-0.4, -0.2) is 27.6 Å². The van der Waals surface area contributed by atoms with Crippen molar-refractivity contribution in [1.29, 1.82) is 0 Å². The van der Waals surface area contributed by atoms with Crippen LogP contribution < -0.4 is 0 Å². The molecule has 2 N–H and O–H groups in total. The maximum Gasteiger partial charge on any atom is 0.416 e. The minimum Gasteiger partial charge on any atom is -0.390 e. The Labute approximate surface area is 192 Å². The average molecular weight is 457 g/mol. The highest BCUT2D eigenvalue weighted by Gasteiger charge is 2.59. The number of aliphatic hydroxyl groups is 2. The van der Waals surface area contributed by atoms with Gasteiger partial charge >= 0.3 is 6.18 Å². The van der Waals surface area contributed by atoms with Crippen molar-refractivity contribution in [2.45, 2.75) is 116 Å². The second-order valence-corrected chi connectivity index (χ2v) is 13.0. The Hall–Kier alpha value is -0.550. The van der Waals surface area contributed by atoms with Crippen molar-refractivity contribution in [2.24, 2.45) is 40.4 Å². The first-order chi connectivity index (χ1) is 14.6. The summed E-state index contributed by atoms with van der Waals surface area (Å²) in [5.74, 6) is 1.80. The molecule has 0 aromatic heterocycles. The summed E-state index contributed by atoms with van der Waals surface area (Å²) >= 11 is 0. The Morgan fingerprint density at radius 1 is 1.06 bits per heavy atom. The molecule has 2 nitrogen and oxygen atoms in total. The summed E-state index contributed by atoms with van der Waals surface area (Å²) in [6.45, 7) is 9.60. The Balaban J connectivity index is 1.58. The van der Waals surface area contributed by atoms with E-state index in [1.165, 1.54) is 12.0 Å². The molecule has 184 valence electrons. The van der Waals surface area contributed by atoms with Gasteiger partial charge in [-0.3, -0.25) is 0 Å². The number of halogens is 3. The zero-order valence-corrected chi connectivity index (χ0v) is 20.6. The van der Waals surface area contributed by atoms with E-state index in [-0.39, 0.29) is 29.1 Å². The molecule has 3 fully saturated rings. The maximum absolute atomic E-state index is 13.4. The van der Waals surface area contributed by atoms with Gasteiger partial charge in [0.25, 0.3) is 0 Å². The van der Waals surface area contributed by atoms with E-state index in [1.54, 1.807) is 0 Å². The lowest BCUT2D eigenvalue weighted by atomic mass is 9.42. The number of fused-ring (bicyclic) bond motifs is 5. The third kappa shape index (κ3) is 3.87. The molecule has 0 amide bonds. The van der Waals surface area contributed by atoms with E-state index in [9.17, 15) is 23.4 Å². The molecule has 9 atom stereocenters. The Kier molecular flexibility index (Phi) is 5.94. The van der Waals surface area contributed by atoms with Crippen LogP contribution in [0.15, 0.2) is 11.6 Å². The van der Waals surface area contributed by atoms with Crippen LogP contribution in [0.4, 0.5) is 13.2 Å². The second-order valence-electron chi connectivity index (χ2n) is 13.0. The first-order valence-corrected chi connectivity index (χ1v) is 12.8. The van der Waals surface area contributed by atoms with E-state index < -0.39 is 17.4 Å². The number of rotatable bonds is 3. The fourth-order valence-electron chi connectivity index (χ4n) is 8.86. The molecule has 4 aliphatic carbocycles. The van der Waals surface area contributed by atoms with Gasteiger partial charge in [-0.2, -0.15) is 13.2 Å². The van der Waals surface area contributed by atoms with Crippen LogP contribution >= 0.6 is 0 Å². The van der Waals surface area contributed by atoms with Gasteiger partial charge in [0.05, 0.1) is 5.60 Å². The molecule has 0 aromatic carbocycles. The van der Waals surface area contributed by atoms with Crippen LogP contribution in [0.5, 0.6) is 0 Å². The standard InChI is InChI=1S/C27H43F3O2/c1-17(15-26(5,32)27(28,29)30)20-7-6-8-21-19-10-9-18-16-23(2,31)13-14-24(18,3)22(19)11-12-25(20,21)4/h9,17,19-22,31-32H,6-8,10-16H2,1-5H3/t17-,19+,20-,21+,22+,23+,24+,25-,26+/m1/s1. The van der Waals surface area contributed by atoms with Crippen LogP contribution in [0.3, 0.4) is 0 Å². The number of hydrogen-bond donors (Lipinski definition) is 2. The van der Waals surface area contributed by atoms with Gasteiger partial charge in [0.15, 0.2) is 5.60 Å². The normalized spacial score (nSPS) is 47.4. The molecule has 0 saturated heterocycles. The van der Waals surface area contributed by atoms with E-state index >= 15 is 0 Å². The fraction of sp³-hybridized carbons (Fsp3) is 0.926. The molecule has 0 radical (unpaired) electrons. The lowest BCUT2D eigenvalue weighted by Crippen LogP contribution is -2.56. The van der Waals surface area contributed by atoms with E-state index in [1.807, 2.05) is 13.8 Å². The minimum absolute atomic E-state index is 0.0440. The summed E-state index contributed by atoms with van der Waals surface area (Å²) in [6.07, 6.45) is 6.75. The first-order valence-electron chi connectivity index (χ1n) is 12.8. The zero-order valence-electron chi connectivity index (χ0n) is 20.6. The molecule has 0 bridgehead atoms. The van der Waals surface area contributed by atoms with Crippen LogP contribution in [-0.2, 0) is 0 Å². The molecule has 3 saturated carbocycles. The Morgan fingerprint density at radius 2 is 1.75 bits per heavy atom. The monoisotopic (exact) mass is 456 g/mol. The van der Waals surface area contributed by atoms with Gasteiger partial charge in [-0.1, -0.05) is 38.8 Å². The lowest BCUT2D eigenvalue weighted by Gasteiger charge is -2.63. The molecule has 0 unspecified atom stereocenters. The smallest absolute Gasteiger partial charge is 0.390 e. The summed E-state index contributed by atoms with van der Waals surface area (Å²) < 4.78 is 40.2. The topological polar surface area (TPSA) is 40.5 Å². The van der Waals surface area contributed by atoms with Crippen LogP contribution in [0.25, 0.3) is 0 Å². The van der Waals surface area contributed by atoms with Gasteiger partial charge < -0.3 is 10.2 Å². The van der Waals surface area contributed by atoms with Crippen molar-refractivity contribution in [3.8, 4) is 0 Å². The second kappa shape index (κ2) is 7.73. The van der Waals surface area contributed by atoms with Gasteiger partial charge in [0.2, 0.25) is 0 Å². The van der Waals surface area contributed by atoms with Crippen molar-refractivity contribution in [3.63, 3.8) is 0 Å². The number of allylic oxidation sites excluding steroid dienone is 1. The largest absolute Gasteiger partial charge is 0.416 e. The Bertz CT molecular complexity index is 754. The van der Waals surface area contributed by atoms with Gasteiger partial charge in [0, 0.05) is 0 Å². The molecule has 0 aliphatic heterocycles. The van der Waals surface area contributed by atoms with Crippen molar-refractivity contribution >= 4 is 0 Å². The lowest BCUT2D eigenvalue weighted by molar-refractivity contribution is -0.261. The van der Waals surface area contributed by atoms with Crippen LogP contribution in [0, 0.1) is 40.4 Å². The SMILES string of the molecule is C[C@H](C[C@](C)(O)C(F)(F)F)[C@H]1CCC[C@H]2[C@@H]3CC=C4C[C@@](C)(O)CC[C@]4(C)[C@H]3CC[C@]12C. The zero-order chi connectivity index (χ0) is 23.7. The molecule has 4 aliphatic rings. The van der Waals surface area contributed by atoms with E-state index in [0.29, 0.717) is 17.8 Å². The molecule has 32 heavy (non-hydrogen) atoms. The predicted molar refractivity (Wildman–Crippen MR) is 121 cm³/mol. The summed E-state index contributed by atoms with van der Waals surface area (Å²) in [6, 6.07) is 0. The molecular weight excluding hydrogens is 413 g/mol. The highest BCUT2D eigenvalue weighted by molar-refractivity contribution is 5.26. The van der Waals surface area contributed by atoms with Crippen LogP contribution in [0.2, 0.25) is 0 Å². The van der Waals surface area contributed by atoms with Gasteiger partial charge in [0.1, 0.15) is 0 Å². The van der Waals surface area contributed by atoms with Crippen LogP contribution in [0.1, 0.15) is 98.8 Å². The van der Waals surface area contributed by atoms with E-state index in [4.69, 9.17) is 0 Å². The van der Waals surface area contributed by atoms with Crippen molar-refractivity contribution in [3.05, 3.63) is 11.6 Å². The van der Waals surface area contributed by atoms with Crippen molar-refractivity contribution in [2.75, 3.05) is 0 Å². The Morgan fingerprint density at radius 3 is 2.41 bits per heavy atom. The van der Waals surface area contributed by atoms with Crippen molar-refractivity contribution < 1.29 is 23.4 Å². The number of alkyl halides is 3. The minimum atomic E-state index is -4.59. The highest BCUT2D eigenvalue weighted by Crippen LogP contribution is 2.66. The first kappa shape index (κ1) is 24.6. The third-order valence-corrected chi connectivity index (χ3v) is 10.7. The molecule has 5 heteroatoms. The van der Waals surface area contributed by atoms with Gasteiger partial charge in [-0.15, -0.1) is 0 Å². The summed E-state index contributed by atoms with van der Waals surface area (Å²) in [5.41, 5.74) is -1.57. The van der Waals surface area contributed by atoms with E-state index in [0.717, 1.165) is 58.3 Å². The average Bonchev–Trinajstić information content (AvgIpc) is 2.66. The maximum atomic E-state index is 13.4. The van der Waals surface area contributed by atoms with Gasteiger partial charge in [-0.05, 0) is 112 Å². The van der Waals surface area contributed by atoms with Crippen molar-refractivity contribution in [1.82, 2.24) is 0 Å². The molecule has 0 spiro atoms. The molecule has 0 heterocycles. The molecule has 4 rings (SSSR count). The predicted octanol–water partition coefficient (Wildman–Crippen LogP) is 7.05. The third-order valence-electron chi connectivity index (χ3n) is 10.7. The highest BCUT2D eigenvalue weighted by atomic mass is 19.4. The summed E-state index contributed by atoms with van der Waals surface area (Å²) in [5, 5.41) is 20.8. The quantitative estimate of drug-likeness (QED) is 0.447. The molecule has 0 aromatic rings. The number of hydrogen-bond acceptors (Lipinski definition) is 2.